The van der Waals surface area contributed by atoms with E-state index in [1.54, 1.807) is 0 Å². The Hall–Kier alpha value is -1.24. The molecule has 6 heteroatoms. The van der Waals surface area contributed by atoms with Crippen LogP contribution in [0.4, 0.5) is 0 Å². The van der Waals surface area contributed by atoms with Crippen molar-refractivity contribution in [2.75, 3.05) is 38.4 Å². The van der Waals surface area contributed by atoms with Gasteiger partial charge in [0.25, 0.3) is 0 Å². The summed E-state index contributed by atoms with van der Waals surface area (Å²) in [7, 11) is 2.30. The summed E-state index contributed by atoms with van der Waals surface area (Å²) in [4.78, 5) is 4.77. The number of hydrogen-bond acceptors (Lipinski definition) is 3. The molecule has 0 bridgehead atoms. The van der Waals surface area contributed by atoms with Gasteiger partial charge in [0.15, 0.2) is 5.11 Å². The number of thioether (sulfide) groups is 1. The second-order valence-corrected chi connectivity index (χ2v) is 8.84. The fraction of sp³-hybridized carbons (Fsp3) is 0.571. The van der Waals surface area contributed by atoms with Crippen molar-refractivity contribution in [1.29, 1.82) is 0 Å². The number of likely N-dealkylation sites (N-methyl/N-ethyl adjacent to an activating group) is 1. The highest BCUT2D eigenvalue weighted by Crippen LogP contribution is 2.46. The molecule has 1 aliphatic carbocycles. The molecule has 0 saturated carbocycles. The van der Waals surface area contributed by atoms with E-state index in [9.17, 15) is 0 Å². The lowest BCUT2D eigenvalue weighted by Crippen LogP contribution is -2.44. The van der Waals surface area contributed by atoms with Gasteiger partial charge in [-0.3, -0.25) is 5.43 Å². The second kappa shape index (κ2) is 7.64. The molecular formula is C21H30N4S2. The van der Waals surface area contributed by atoms with Gasteiger partial charge >= 0.3 is 0 Å². The van der Waals surface area contributed by atoms with Gasteiger partial charge in [-0.2, -0.15) is 0 Å². The number of benzene rings is 1. The standard InChI is InChI=1S/C21H30N4S2/c1-5-24(6-2)21(26)22-25-17-11-7-9-15-14-10-8-12-23(3)18(14)13-16(19(15)17)20(25)27-4/h7,9,11,14,18H,5-6,8,10,12-13H2,1-4H3,(H,22,26)/t14-,18-/m1/s1. The number of piperidine rings is 1. The first-order valence-electron chi connectivity index (χ1n) is 10.1. The van der Waals surface area contributed by atoms with Crippen LogP contribution < -0.4 is 5.43 Å². The average molecular weight is 403 g/mol. The molecule has 0 spiro atoms. The zero-order valence-electron chi connectivity index (χ0n) is 16.8. The first kappa shape index (κ1) is 19.1. The smallest absolute Gasteiger partial charge is 0.188 e. The van der Waals surface area contributed by atoms with E-state index >= 15 is 0 Å². The van der Waals surface area contributed by atoms with Gasteiger partial charge in [0.1, 0.15) is 0 Å². The van der Waals surface area contributed by atoms with Crippen LogP contribution in [0.2, 0.25) is 0 Å². The average Bonchev–Trinajstić information content (AvgIpc) is 2.98. The van der Waals surface area contributed by atoms with Crippen molar-refractivity contribution >= 4 is 40.0 Å². The third-order valence-corrected chi connectivity index (χ3v) is 7.56. The molecule has 2 heterocycles. The van der Waals surface area contributed by atoms with Crippen LogP contribution in [-0.4, -0.2) is 58.6 Å². The zero-order chi connectivity index (χ0) is 19.1. The van der Waals surface area contributed by atoms with Crippen LogP contribution in [0.3, 0.4) is 0 Å². The molecule has 0 unspecified atom stereocenters. The number of likely N-dealkylation sites (tertiary alicyclic amines) is 1. The first-order chi connectivity index (χ1) is 13.1. The Labute approximate surface area is 172 Å². The summed E-state index contributed by atoms with van der Waals surface area (Å²) in [6.45, 7) is 7.36. The second-order valence-electron chi connectivity index (χ2n) is 7.65. The van der Waals surface area contributed by atoms with Gasteiger partial charge in [-0.05, 0) is 82.4 Å². The quantitative estimate of drug-likeness (QED) is 0.608. The maximum Gasteiger partial charge on any atom is 0.188 e. The zero-order valence-corrected chi connectivity index (χ0v) is 18.4. The molecule has 27 heavy (non-hydrogen) atoms. The Kier molecular flexibility index (Phi) is 5.41. The largest absolute Gasteiger partial charge is 0.348 e. The minimum atomic E-state index is 0.619. The lowest BCUT2D eigenvalue weighted by atomic mass is 9.75. The molecule has 146 valence electrons. The summed E-state index contributed by atoms with van der Waals surface area (Å²) >= 11 is 7.55. The van der Waals surface area contributed by atoms with Crippen LogP contribution in [-0.2, 0) is 6.42 Å². The van der Waals surface area contributed by atoms with Gasteiger partial charge in [0.05, 0.1) is 10.5 Å². The summed E-state index contributed by atoms with van der Waals surface area (Å²) in [6, 6.07) is 7.45. The number of rotatable bonds is 4. The third kappa shape index (κ3) is 3.06. The fourth-order valence-electron chi connectivity index (χ4n) is 5.02. The molecule has 4 rings (SSSR count). The van der Waals surface area contributed by atoms with Crippen molar-refractivity contribution < 1.29 is 0 Å². The molecule has 2 aliphatic rings. The third-order valence-electron chi connectivity index (χ3n) is 6.40. The molecule has 0 radical (unpaired) electrons. The van der Waals surface area contributed by atoms with Crippen molar-refractivity contribution in [2.24, 2.45) is 0 Å². The van der Waals surface area contributed by atoms with Gasteiger partial charge in [-0.1, -0.05) is 12.1 Å². The normalized spacial score (nSPS) is 21.9. The number of hydrogen-bond donors (Lipinski definition) is 1. The predicted molar refractivity (Wildman–Crippen MR) is 121 cm³/mol. The topological polar surface area (TPSA) is 23.4 Å². The Morgan fingerprint density at radius 3 is 2.81 bits per heavy atom. The SMILES string of the molecule is CCN(CC)C(=S)Nn1c(SC)c2c3c(cccc31)[C@H]1CCCN(C)[C@@H]1C2. The van der Waals surface area contributed by atoms with Crippen LogP contribution in [0, 0.1) is 0 Å². The van der Waals surface area contributed by atoms with E-state index in [1.165, 1.54) is 46.4 Å². The van der Waals surface area contributed by atoms with E-state index in [4.69, 9.17) is 12.2 Å². The van der Waals surface area contributed by atoms with Crippen LogP contribution >= 0.6 is 24.0 Å². The van der Waals surface area contributed by atoms with Gasteiger partial charge in [0.2, 0.25) is 0 Å². The fourth-order valence-corrected chi connectivity index (χ4v) is 6.13. The monoisotopic (exact) mass is 402 g/mol. The van der Waals surface area contributed by atoms with E-state index in [0.29, 0.717) is 12.0 Å². The molecule has 1 aromatic heterocycles. The molecule has 1 aromatic carbocycles. The van der Waals surface area contributed by atoms with Crippen LogP contribution in [0.5, 0.6) is 0 Å². The van der Waals surface area contributed by atoms with Crippen molar-refractivity contribution in [2.45, 2.75) is 50.1 Å². The van der Waals surface area contributed by atoms with Crippen molar-refractivity contribution in [3.05, 3.63) is 29.3 Å². The maximum absolute atomic E-state index is 5.72. The van der Waals surface area contributed by atoms with Gasteiger partial charge in [-0.25, -0.2) is 4.68 Å². The minimum absolute atomic E-state index is 0.619. The van der Waals surface area contributed by atoms with Crippen LogP contribution in [0.1, 0.15) is 43.7 Å². The van der Waals surface area contributed by atoms with Crippen LogP contribution in [0.15, 0.2) is 23.2 Å². The Balaban J connectivity index is 1.84. The summed E-state index contributed by atoms with van der Waals surface area (Å²) < 4.78 is 2.25. The van der Waals surface area contributed by atoms with Gasteiger partial charge in [0, 0.05) is 30.4 Å². The van der Waals surface area contributed by atoms with Crippen molar-refractivity contribution in [3.63, 3.8) is 0 Å². The maximum atomic E-state index is 5.72. The lowest BCUT2D eigenvalue weighted by molar-refractivity contribution is 0.156. The van der Waals surface area contributed by atoms with E-state index in [0.717, 1.165) is 24.6 Å². The lowest BCUT2D eigenvalue weighted by Gasteiger charge is -2.42. The summed E-state index contributed by atoms with van der Waals surface area (Å²) in [5, 5.41) is 3.58. The molecular weight excluding hydrogens is 372 g/mol. The Bertz CT molecular complexity index is 855. The van der Waals surface area contributed by atoms with E-state index in [1.807, 2.05) is 11.8 Å². The summed E-state index contributed by atoms with van der Waals surface area (Å²) in [5.74, 6) is 0.653. The molecule has 1 aliphatic heterocycles. The highest BCUT2D eigenvalue weighted by molar-refractivity contribution is 7.98. The summed E-state index contributed by atoms with van der Waals surface area (Å²) in [6.07, 6.45) is 5.92. The number of aromatic nitrogens is 1. The molecule has 1 N–H and O–H groups in total. The minimum Gasteiger partial charge on any atom is -0.348 e. The number of nitrogens with one attached hydrogen (secondary N) is 1. The Morgan fingerprint density at radius 2 is 2.11 bits per heavy atom. The molecule has 1 fully saturated rings. The Morgan fingerprint density at radius 1 is 1.33 bits per heavy atom. The molecule has 1 saturated heterocycles. The van der Waals surface area contributed by atoms with Gasteiger partial charge in [-0.15, -0.1) is 11.8 Å². The molecule has 2 aromatic rings. The number of nitrogens with zero attached hydrogens (tertiary/aromatic N) is 3. The van der Waals surface area contributed by atoms with Crippen molar-refractivity contribution in [1.82, 2.24) is 14.5 Å². The van der Waals surface area contributed by atoms with E-state index in [-0.39, 0.29) is 0 Å². The first-order valence-corrected chi connectivity index (χ1v) is 11.7. The van der Waals surface area contributed by atoms with E-state index in [2.05, 4.69) is 65.3 Å². The molecule has 2 atom stereocenters. The van der Waals surface area contributed by atoms with Gasteiger partial charge < -0.3 is 9.80 Å². The molecule has 0 amide bonds. The van der Waals surface area contributed by atoms with E-state index < -0.39 is 0 Å². The van der Waals surface area contributed by atoms with Crippen LogP contribution in [0.25, 0.3) is 10.9 Å². The number of fused-ring (bicyclic) bond motifs is 2. The van der Waals surface area contributed by atoms with Crippen molar-refractivity contribution in [3.8, 4) is 0 Å². The number of thiocarbonyl (C=S) groups is 1. The summed E-state index contributed by atoms with van der Waals surface area (Å²) in [5.41, 5.74) is 7.85. The highest BCUT2D eigenvalue weighted by Gasteiger charge is 2.38. The molecule has 4 nitrogen and oxygen atoms in total. The predicted octanol–water partition coefficient (Wildman–Crippen LogP) is 4.27. The highest BCUT2D eigenvalue weighted by atomic mass is 32.2.